The van der Waals surface area contributed by atoms with Crippen LogP contribution in [0.2, 0.25) is 0 Å². The molecule has 10 nitrogen and oxygen atoms in total. The Bertz CT molecular complexity index is 1470. The van der Waals surface area contributed by atoms with Crippen molar-refractivity contribution in [1.29, 1.82) is 0 Å². The van der Waals surface area contributed by atoms with Gasteiger partial charge in [-0.15, -0.1) is 0 Å². The fourth-order valence-corrected chi connectivity index (χ4v) is 4.26. The Kier molecular flexibility index (Phi) is 8.26. The second-order valence-corrected chi connectivity index (χ2v) is 10.7. The number of allylic oxidation sites excluding steroid dienone is 3. The van der Waals surface area contributed by atoms with Crippen molar-refractivity contribution < 1.29 is 27.8 Å². The number of imidazole rings is 1. The van der Waals surface area contributed by atoms with Crippen LogP contribution in [0.1, 0.15) is 44.8 Å². The first kappa shape index (κ1) is 28.8. The van der Waals surface area contributed by atoms with Crippen LogP contribution in [0.5, 0.6) is 11.8 Å². The molecule has 0 saturated carbocycles. The lowest BCUT2D eigenvalue weighted by molar-refractivity contribution is -0.00782. The van der Waals surface area contributed by atoms with Crippen LogP contribution in [-0.2, 0) is 11.3 Å². The molecular weight excluding hydrogens is 522 g/mol. The van der Waals surface area contributed by atoms with E-state index in [1.54, 1.807) is 28.5 Å². The number of nitrogens with zero attached hydrogens (tertiary/aromatic N) is 5. The SMILES string of the molecule is COc1nc(C)c2nc(C(/C=C(\C)F)=C/N)n(Cc3ccc(OCC4CN(C(=O)OC(C)(C)C)C4)cc3F)c2n1. The zero-order chi connectivity index (χ0) is 29.2. The molecule has 3 heterocycles. The van der Waals surface area contributed by atoms with Crippen molar-refractivity contribution in [2.24, 2.45) is 11.7 Å². The molecule has 12 heteroatoms. The van der Waals surface area contributed by atoms with Gasteiger partial charge in [0.2, 0.25) is 0 Å². The van der Waals surface area contributed by atoms with Crippen molar-refractivity contribution >= 4 is 22.8 Å². The van der Waals surface area contributed by atoms with E-state index in [1.165, 1.54) is 32.4 Å². The zero-order valence-electron chi connectivity index (χ0n) is 23.5. The highest BCUT2D eigenvalue weighted by Gasteiger charge is 2.34. The number of methoxy groups -OCH3 is 1. The number of fused-ring (bicyclic) bond motifs is 1. The molecule has 1 aliphatic heterocycles. The van der Waals surface area contributed by atoms with Crippen molar-refractivity contribution in [2.75, 3.05) is 26.8 Å². The summed E-state index contributed by atoms with van der Waals surface area (Å²) in [6.45, 7) is 9.90. The van der Waals surface area contributed by atoms with Crippen LogP contribution < -0.4 is 15.2 Å². The smallest absolute Gasteiger partial charge is 0.410 e. The van der Waals surface area contributed by atoms with Gasteiger partial charge in [-0.2, -0.15) is 9.97 Å². The Morgan fingerprint density at radius 2 is 1.95 bits per heavy atom. The molecule has 0 spiro atoms. The van der Waals surface area contributed by atoms with Crippen LogP contribution in [0.25, 0.3) is 16.7 Å². The minimum atomic E-state index is -0.551. The molecule has 3 aromatic rings. The summed E-state index contributed by atoms with van der Waals surface area (Å²) in [4.78, 5) is 27.0. The minimum Gasteiger partial charge on any atom is -0.493 e. The van der Waals surface area contributed by atoms with Gasteiger partial charge in [0, 0.05) is 42.4 Å². The highest BCUT2D eigenvalue weighted by atomic mass is 19.1. The summed E-state index contributed by atoms with van der Waals surface area (Å²) in [5.41, 5.74) is 7.28. The van der Waals surface area contributed by atoms with E-state index in [0.717, 1.165) is 0 Å². The fraction of sp³-hybridized carbons (Fsp3) is 0.429. The first-order valence-electron chi connectivity index (χ1n) is 12.8. The molecule has 1 amide bonds. The number of hydrogen-bond acceptors (Lipinski definition) is 8. The number of likely N-dealkylation sites (tertiary alicyclic amines) is 1. The largest absolute Gasteiger partial charge is 0.493 e. The van der Waals surface area contributed by atoms with Crippen LogP contribution in [0, 0.1) is 18.7 Å². The van der Waals surface area contributed by atoms with Crippen LogP contribution in [0.4, 0.5) is 13.6 Å². The molecule has 0 radical (unpaired) electrons. The van der Waals surface area contributed by atoms with Crippen molar-refractivity contribution in [2.45, 2.75) is 46.8 Å². The average Bonchev–Trinajstić information content (AvgIpc) is 3.20. The van der Waals surface area contributed by atoms with Gasteiger partial charge in [0.05, 0.1) is 31.8 Å². The molecule has 214 valence electrons. The second-order valence-electron chi connectivity index (χ2n) is 10.7. The van der Waals surface area contributed by atoms with E-state index < -0.39 is 17.2 Å². The van der Waals surface area contributed by atoms with Crippen molar-refractivity contribution in [1.82, 2.24) is 24.4 Å². The highest BCUT2D eigenvalue weighted by Crippen LogP contribution is 2.28. The number of aromatic nitrogens is 4. The average molecular weight is 557 g/mol. The lowest BCUT2D eigenvalue weighted by Gasteiger charge is -2.39. The van der Waals surface area contributed by atoms with E-state index in [1.807, 2.05) is 20.8 Å². The third-order valence-corrected chi connectivity index (χ3v) is 6.17. The fourth-order valence-electron chi connectivity index (χ4n) is 4.26. The van der Waals surface area contributed by atoms with Gasteiger partial charge in [-0.25, -0.2) is 18.6 Å². The van der Waals surface area contributed by atoms with Gasteiger partial charge in [-0.3, -0.25) is 0 Å². The maximum atomic E-state index is 15.3. The standard InChI is InChI=1S/C28H34F2N6O4/c1-16(29)9-20(11-31)24-33-23-17(2)32-26(38-6)34-25(23)36(24)14-19-7-8-21(10-22(19)30)39-15-18-12-35(13-18)27(37)40-28(3,4)5/h7-11,18H,12-15,31H2,1-6H3/b16-9+,20-11+. The molecule has 0 unspecified atom stereocenters. The van der Waals surface area contributed by atoms with E-state index in [2.05, 4.69) is 15.0 Å². The maximum Gasteiger partial charge on any atom is 0.410 e. The van der Waals surface area contributed by atoms with Gasteiger partial charge in [-0.1, -0.05) is 6.07 Å². The number of benzene rings is 1. The summed E-state index contributed by atoms with van der Waals surface area (Å²) in [7, 11) is 1.44. The molecule has 1 fully saturated rings. The third kappa shape index (κ3) is 6.49. The van der Waals surface area contributed by atoms with Crippen LogP contribution in [-0.4, -0.2) is 62.9 Å². The molecule has 4 rings (SSSR count). The molecule has 1 saturated heterocycles. The number of hydrogen-bond donors (Lipinski definition) is 1. The molecule has 1 aromatic carbocycles. The number of carbonyl (C=O) groups is 1. The summed E-state index contributed by atoms with van der Waals surface area (Å²) < 4.78 is 47.1. The van der Waals surface area contributed by atoms with E-state index in [4.69, 9.17) is 19.9 Å². The predicted molar refractivity (Wildman–Crippen MR) is 146 cm³/mol. The predicted octanol–water partition coefficient (Wildman–Crippen LogP) is 4.75. The first-order valence-corrected chi connectivity index (χ1v) is 12.8. The van der Waals surface area contributed by atoms with E-state index in [-0.39, 0.29) is 24.6 Å². The van der Waals surface area contributed by atoms with Crippen LogP contribution in [0.3, 0.4) is 0 Å². The van der Waals surface area contributed by atoms with Gasteiger partial charge >= 0.3 is 12.1 Å². The summed E-state index contributed by atoms with van der Waals surface area (Å²) in [6.07, 6.45) is 2.13. The van der Waals surface area contributed by atoms with Crippen molar-refractivity contribution in [3.05, 3.63) is 59.2 Å². The van der Waals surface area contributed by atoms with Gasteiger partial charge in [-0.05, 0) is 46.8 Å². The van der Waals surface area contributed by atoms with Crippen LogP contribution in [0.15, 0.2) is 36.3 Å². The van der Waals surface area contributed by atoms with Crippen LogP contribution >= 0.6 is 0 Å². The quantitative estimate of drug-likeness (QED) is 0.395. The summed E-state index contributed by atoms with van der Waals surface area (Å²) in [6, 6.07) is 4.72. The maximum absolute atomic E-state index is 15.3. The summed E-state index contributed by atoms with van der Waals surface area (Å²) in [5, 5.41) is 0. The zero-order valence-corrected chi connectivity index (χ0v) is 23.5. The van der Waals surface area contributed by atoms with Crippen molar-refractivity contribution in [3.8, 4) is 11.8 Å². The highest BCUT2D eigenvalue weighted by molar-refractivity contribution is 5.81. The van der Waals surface area contributed by atoms with Crippen molar-refractivity contribution in [3.63, 3.8) is 0 Å². The Balaban J connectivity index is 1.52. The Morgan fingerprint density at radius 1 is 1.23 bits per heavy atom. The Labute approximate surface area is 231 Å². The lowest BCUT2D eigenvalue weighted by Crippen LogP contribution is -2.53. The van der Waals surface area contributed by atoms with Gasteiger partial charge in [0.25, 0.3) is 0 Å². The number of halogens is 2. The van der Waals surface area contributed by atoms with Gasteiger partial charge in [0.15, 0.2) is 5.65 Å². The Morgan fingerprint density at radius 3 is 2.55 bits per heavy atom. The second kappa shape index (κ2) is 11.5. The first-order chi connectivity index (χ1) is 18.9. The molecule has 40 heavy (non-hydrogen) atoms. The molecular formula is C28H34F2N6O4. The molecule has 1 aliphatic rings. The molecule has 2 aromatic heterocycles. The number of carbonyl (C=O) groups excluding carboxylic acids is 1. The normalized spacial score (nSPS) is 14.8. The number of rotatable bonds is 8. The number of ether oxygens (including phenoxy) is 3. The van der Waals surface area contributed by atoms with Gasteiger partial charge in [0.1, 0.15) is 28.5 Å². The molecule has 0 atom stereocenters. The summed E-state index contributed by atoms with van der Waals surface area (Å²) >= 11 is 0. The van der Waals surface area contributed by atoms with E-state index >= 15 is 4.39 Å². The minimum absolute atomic E-state index is 0.0293. The topological polar surface area (TPSA) is 118 Å². The summed E-state index contributed by atoms with van der Waals surface area (Å²) in [5.74, 6) is -0.168. The van der Waals surface area contributed by atoms with E-state index in [9.17, 15) is 9.18 Å². The lowest BCUT2D eigenvalue weighted by atomic mass is 10.0. The number of aryl methyl sites for hydroxylation is 1. The molecule has 0 aliphatic carbocycles. The molecule has 2 N–H and O–H groups in total. The third-order valence-electron chi connectivity index (χ3n) is 6.17. The van der Waals surface area contributed by atoms with E-state index in [0.29, 0.717) is 59.3 Å². The van der Waals surface area contributed by atoms with Gasteiger partial charge < -0.3 is 29.4 Å². The Hall–Kier alpha value is -4.22. The monoisotopic (exact) mass is 556 g/mol. The number of amides is 1. The molecule has 0 bridgehead atoms. The number of nitrogens with two attached hydrogens (primary N) is 1.